The number of carbonyl (C=O) groups is 1. The van der Waals surface area contributed by atoms with Crippen LogP contribution in [0.4, 0.5) is 0 Å². The molecule has 1 saturated heterocycles. The number of benzene rings is 1. The molecule has 0 saturated carbocycles. The molecule has 1 amide bonds. The zero-order valence-electron chi connectivity index (χ0n) is 17.4. The van der Waals surface area contributed by atoms with E-state index in [2.05, 4.69) is 41.2 Å². The molecule has 0 unspecified atom stereocenters. The molecular formula is C23H31N3O3. The number of aromatic nitrogens is 1. The molecule has 156 valence electrons. The summed E-state index contributed by atoms with van der Waals surface area (Å²) in [5.74, 6) is 0.603. The van der Waals surface area contributed by atoms with E-state index in [4.69, 9.17) is 4.74 Å². The van der Waals surface area contributed by atoms with Crippen molar-refractivity contribution < 1.29 is 9.53 Å². The monoisotopic (exact) mass is 397 g/mol. The van der Waals surface area contributed by atoms with Gasteiger partial charge in [0.2, 0.25) is 5.56 Å². The van der Waals surface area contributed by atoms with Crippen molar-refractivity contribution in [2.24, 2.45) is 5.92 Å². The van der Waals surface area contributed by atoms with Crippen LogP contribution in [-0.4, -0.2) is 61.1 Å². The van der Waals surface area contributed by atoms with Crippen molar-refractivity contribution in [2.75, 3.05) is 40.4 Å². The largest absolute Gasteiger partial charge is 0.383 e. The van der Waals surface area contributed by atoms with Crippen LogP contribution in [0.15, 0.2) is 47.4 Å². The molecular weight excluding hydrogens is 366 g/mol. The van der Waals surface area contributed by atoms with E-state index in [9.17, 15) is 9.59 Å². The van der Waals surface area contributed by atoms with Gasteiger partial charge >= 0.3 is 0 Å². The molecule has 0 radical (unpaired) electrons. The molecule has 0 bridgehead atoms. The van der Waals surface area contributed by atoms with Gasteiger partial charge in [-0.15, -0.1) is 0 Å². The molecule has 2 heterocycles. The third kappa shape index (κ3) is 6.27. The number of likely N-dealkylation sites (N-methyl/N-ethyl adjacent to an activating group) is 1. The lowest BCUT2D eigenvalue weighted by molar-refractivity contribution is 0.0690. The number of nitrogens with one attached hydrogen (secondary N) is 1. The summed E-state index contributed by atoms with van der Waals surface area (Å²) in [7, 11) is 3.84. The highest BCUT2D eigenvalue weighted by atomic mass is 16.5. The van der Waals surface area contributed by atoms with Crippen molar-refractivity contribution in [1.29, 1.82) is 0 Å². The van der Waals surface area contributed by atoms with Gasteiger partial charge < -0.3 is 14.6 Å². The fourth-order valence-corrected chi connectivity index (χ4v) is 3.82. The van der Waals surface area contributed by atoms with Crippen LogP contribution in [0.3, 0.4) is 0 Å². The van der Waals surface area contributed by atoms with Gasteiger partial charge in [0.05, 0.1) is 12.2 Å². The topological polar surface area (TPSA) is 65.6 Å². The summed E-state index contributed by atoms with van der Waals surface area (Å²) in [4.78, 5) is 30.4. The highest BCUT2D eigenvalue weighted by Crippen LogP contribution is 2.23. The van der Waals surface area contributed by atoms with Crippen LogP contribution < -0.4 is 5.56 Å². The standard InChI is InChI=1S/C23H31N3O3/c1-25(13-14-29-2)17-20-5-3-18(4-6-20)15-19-9-11-26(12-10-19)23(28)21-7-8-22(27)24-16-21/h3-8,16,19H,9-15,17H2,1-2H3,(H,24,27). The molecule has 1 aliphatic heterocycles. The first-order chi connectivity index (χ1) is 14.0. The van der Waals surface area contributed by atoms with Crippen molar-refractivity contribution >= 4 is 5.91 Å². The van der Waals surface area contributed by atoms with E-state index < -0.39 is 0 Å². The molecule has 1 N–H and O–H groups in total. The molecule has 3 rings (SSSR count). The van der Waals surface area contributed by atoms with Crippen molar-refractivity contribution in [3.63, 3.8) is 0 Å². The van der Waals surface area contributed by atoms with E-state index in [-0.39, 0.29) is 11.5 Å². The number of aromatic amines is 1. The van der Waals surface area contributed by atoms with Gasteiger partial charge in [-0.2, -0.15) is 0 Å². The number of ether oxygens (including phenoxy) is 1. The molecule has 0 aliphatic carbocycles. The van der Waals surface area contributed by atoms with E-state index in [1.54, 1.807) is 13.2 Å². The summed E-state index contributed by atoms with van der Waals surface area (Å²) < 4.78 is 5.13. The van der Waals surface area contributed by atoms with Crippen molar-refractivity contribution in [2.45, 2.75) is 25.8 Å². The number of likely N-dealkylation sites (tertiary alicyclic amines) is 1. The quantitative estimate of drug-likeness (QED) is 0.744. The second-order valence-electron chi connectivity index (χ2n) is 7.93. The molecule has 29 heavy (non-hydrogen) atoms. The number of methoxy groups -OCH3 is 1. The molecule has 2 aromatic rings. The van der Waals surface area contributed by atoms with Gasteiger partial charge in [0.15, 0.2) is 0 Å². The van der Waals surface area contributed by atoms with Gasteiger partial charge in [-0.25, -0.2) is 0 Å². The number of amides is 1. The number of hydrogen-bond acceptors (Lipinski definition) is 4. The second-order valence-corrected chi connectivity index (χ2v) is 7.93. The average Bonchev–Trinajstić information content (AvgIpc) is 2.74. The van der Waals surface area contributed by atoms with Gasteiger partial charge in [-0.1, -0.05) is 24.3 Å². The molecule has 6 heteroatoms. The van der Waals surface area contributed by atoms with Gasteiger partial charge in [0.25, 0.3) is 5.91 Å². The predicted octanol–water partition coefficient (Wildman–Crippen LogP) is 2.55. The molecule has 0 atom stereocenters. The number of rotatable bonds is 8. The lowest BCUT2D eigenvalue weighted by Crippen LogP contribution is -2.39. The van der Waals surface area contributed by atoms with Gasteiger partial charge in [0.1, 0.15) is 0 Å². The van der Waals surface area contributed by atoms with Crippen LogP contribution in [0.25, 0.3) is 0 Å². The predicted molar refractivity (Wildman–Crippen MR) is 114 cm³/mol. The lowest BCUT2D eigenvalue weighted by Gasteiger charge is -2.32. The lowest BCUT2D eigenvalue weighted by atomic mass is 9.89. The summed E-state index contributed by atoms with van der Waals surface area (Å²) in [6.45, 7) is 4.14. The Morgan fingerprint density at radius 3 is 2.45 bits per heavy atom. The number of hydrogen-bond donors (Lipinski definition) is 1. The van der Waals surface area contributed by atoms with Crippen LogP contribution >= 0.6 is 0 Å². The first-order valence-corrected chi connectivity index (χ1v) is 10.3. The minimum Gasteiger partial charge on any atom is -0.383 e. The number of piperidine rings is 1. The Bertz CT molecular complexity index is 819. The Kier molecular flexibility index (Phi) is 7.61. The first kappa shape index (κ1) is 21.3. The Morgan fingerprint density at radius 2 is 1.83 bits per heavy atom. The maximum atomic E-state index is 12.6. The van der Waals surface area contributed by atoms with E-state index in [0.29, 0.717) is 11.5 Å². The van der Waals surface area contributed by atoms with Crippen LogP contribution in [0.1, 0.15) is 34.3 Å². The third-order valence-electron chi connectivity index (χ3n) is 5.61. The number of pyridine rings is 1. The molecule has 1 aromatic carbocycles. The van der Waals surface area contributed by atoms with Crippen molar-refractivity contribution in [1.82, 2.24) is 14.8 Å². The third-order valence-corrected chi connectivity index (χ3v) is 5.61. The van der Waals surface area contributed by atoms with Crippen LogP contribution in [-0.2, 0) is 17.7 Å². The fourth-order valence-electron chi connectivity index (χ4n) is 3.82. The van der Waals surface area contributed by atoms with E-state index >= 15 is 0 Å². The maximum absolute atomic E-state index is 12.6. The van der Waals surface area contributed by atoms with E-state index in [1.807, 2.05) is 4.90 Å². The minimum atomic E-state index is -0.187. The summed E-state index contributed by atoms with van der Waals surface area (Å²) in [5.41, 5.74) is 3.04. The van der Waals surface area contributed by atoms with Gasteiger partial charge in [-0.05, 0) is 49.4 Å². The first-order valence-electron chi connectivity index (χ1n) is 10.3. The fraction of sp³-hybridized carbons (Fsp3) is 0.478. The van der Waals surface area contributed by atoms with Crippen LogP contribution in [0.2, 0.25) is 0 Å². The minimum absolute atomic E-state index is 0.00152. The molecule has 0 spiro atoms. The van der Waals surface area contributed by atoms with Gasteiger partial charge in [-0.3, -0.25) is 14.5 Å². The van der Waals surface area contributed by atoms with Crippen LogP contribution in [0, 0.1) is 5.92 Å². The SMILES string of the molecule is COCCN(C)Cc1ccc(CC2CCN(C(=O)c3ccc(=O)[nH]c3)CC2)cc1. The summed E-state index contributed by atoms with van der Waals surface area (Å²) >= 11 is 0. The smallest absolute Gasteiger partial charge is 0.255 e. The molecule has 1 aromatic heterocycles. The van der Waals surface area contributed by atoms with Crippen molar-refractivity contribution in [3.05, 3.63) is 69.6 Å². The van der Waals surface area contributed by atoms with Gasteiger partial charge in [0, 0.05) is 45.6 Å². The van der Waals surface area contributed by atoms with Crippen molar-refractivity contribution in [3.8, 4) is 0 Å². The number of carbonyl (C=O) groups excluding carboxylic acids is 1. The summed E-state index contributed by atoms with van der Waals surface area (Å²) in [6.07, 6.45) is 4.58. The molecule has 6 nitrogen and oxygen atoms in total. The normalized spacial score (nSPS) is 15.1. The zero-order chi connectivity index (χ0) is 20.6. The zero-order valence-corrected chi connectivity index (χ0v) is 17.4. The Balaban J connectivity index is 1.46. The Morgan fingerprint density at radius 1 is 1.14 bits per heavy atom. The average molecular weight is 398 g/mol. The molecule has 1 fully saturated rings. The Labute approximate surface area is 172 Å². The summed E-state index contributed by atoms with van der Waals surface area (Å²) in [5, 5.41) is 0. The van der Waals surface area contributed by atoms with Crippen LogP contribution in [0.5, 0.6) is 0 Å². The Hall–Kier alpha value is -2.44. The number of H-pyrrole nitrogens is 1. The highest BCUT2D eigenvalue weighted by molar-refractivity contribution is 5.93. The van der Waals surface area contributed by atoms with E-state index in [1.165, 1.54) is 23.4 Å². The number of nitrogens with zero attached hydrogens (tertiary/aromatic N) is 2. The second kappa shape index (κ2) is 10.4. The summed E-state index contributed by atoms with van der Waals surface area (Å²) in [6, 6.07) is 11.9. The van der Waals surface area contributed by atoms with E-state index in [0.717, 1.165) is 52.0 Å². The molecule has 1 aliphatic rings. The maximum Gasteiger partial charge on any atom is 0.255 e. The highest BCUT2D eigenvalue weighted by Gasteiger charge is 2.23.